The Morgan fingerprint density at radius 3 is 2.52 bits per heavy atom. The molecule has 2 saturated carbocycles. The van der Waals surface area contributed by atoms with Crippen LogP contribution in [0.2, 0.25) is 0 Å². The van der Waals surface area contributed by atoms with E-state index in [4.69, 9.17) is 4.98 Å². The molecule has 2 aliphatic carbocycles. The van der Waals surface area contributed by atoms with Gasteiger partial charge in [0.05, 0.1) is 16.2 Å². The number of hydrogen-bond donors (Lipinski definition) is 3. The largest absolute Gasteiger partial charge is 0.390 e. The Bertz CT molecular complexity index is 901. The first-order chi connectivity index (χ1) is 13.6. The molecule has 3 fully saturated rings. The van der Waals surface area contributed by atoms with Gasteiger partial charge in [0.15, 0.2) is 0 Å². The van der Waals surface area contributed by atoms with E-state index < -0.39 is 0 Å². The van der Waals surface area contributed by atoms with Crippen LogP contribution in [0.25, 0.3) is 10.6 Å². The first kappa shape index (κ1) is 19.5. The molecule has 0 bridgehead atoms. The number of piperidine rings is 1. The summed E-state index contributed by atoms with van der Waals surface area (Å²) in [5, 5.41) is 17.7. The molecule has 3 aliphatic rings. The molecule has 1 saturated heterocycles. The molecule has 2 atom stereocenters. The van der Waals surface area contributed by atoms with Gasteiger partial charge in [-0.3, -0.25) is 0 Å². The third kappa shape index (κ3) is 4.07. The molecule has 5 nitrogen and oxygen atoms in total. The Kier molecular flexibility index (Phi) is 4.36. The van der Waals surface area contributed by atoms with Crippen LogP contribution in [0.1, 0.15) is 70.6 Å². The second-order valence-electron chi connectivity index (χ2n) is 10.7. The van der Waals surface area contributed by atoms with E-state index in [0.717, 1.165) is 37.8 Å². The molecule has 2 aromatic rings. The normalized spacial score (nSPS) is 29.4. The minimum Gasteiger partial charge on any atom is -0.390 e. The average Bonchev–Trinajstić information content (AvgIpc) is 3.51. The predicted molar refractivity (Wildman–Crippen MR) is 118 cm³/mol. The first-order valence-corrected chi connectivity index (χ1v) is 11.7. The summed E-state index contributed by atoms with van der Waals surface area (Å²) >= 11 is 1.82. The van der Waals surface area contributed by atoms with Crippen LogP contribution >= 0.6 is 11.3 Å². The zero-order valence-corrected chi connectivity index (χ0v) is 18.6. The van der Waals surface area contributed by atoms with Crippen LogP contribution in [-0.2, 0) is 0 Å². The molecule has 1 aliphatic heterocycles. The van der Waals surface area contributed by atoms with E-state index in [-0.39, 0.29) is 16.7 Å². The van der Waals surface area contributed by atoms with Gasteiger partial charge in [-0.05, 0) is 89.8 Å². The summed E-state index contributed by atoms with van der Waals surface area (Å²) in [4.78, 5) is 11.9. The molecule has 0 radical (unpaired) electrons. The Balaban J connectivity index is 1.29. The smallest absolute Gasteiger partial charge is 0.223 e. The highest BCUT2D eigenvalue weighted by Crippen LogP contribution is 2.62. The molecular formula is C23H32N4OS. The zero-order chi connectivity index (χ0) is 20.4. The highest BCUT2D eigenvalue weighted by molar-refractivity contribution is 7.15. The SMILES string of the molecule is CC1(C)CC(Nc2nccc(-c3ccc(C4CC4C4(O)CC4)s3)n2)CC(C)(C)N1. The number of aliphatic hydroxyl groups is 1. The third-order valence-electron chi connectivity index (χ3n) is 6.67. The maximum Gasteiger partial charge on any atom is 0.223 e. The minimum atomic E-state index is -0.350. The highest BCUT2D eigenvalue weighted by Gasteiger charge is 2.59. The number of anilines is 1. The fourth-order valence-corrected chi connectivity index (χ4v) is 6.62. The van der Waals surface area contributed by atoms with Crippen molar-refractivity contribution in [1.29, 1.82) is 0 Å². The molecule has 2 unspecified atom stereocenters. The lowest BCUT2D eigenvalue weighted by Gasteiger charge is -2.46. The van der Waals surface area contributed by atoms with Gasteiger partial charge >= 0.3 is 0 Å². The van der Waals surface area contributed by atoms with Crippen LogP contribution in [-0.4, -0.2) is 37.8 Å². The van der Waals surface area contributed by atoms with Gasteiger partial charge in [-0.2, -0.15) is 0 Å². The van der Waals surface area contributed by atoms with Crippen molar-refractivity contribution in [1.82, 2.24) is 15.3 Å². The molecule has 0 aromatic carbocycles. The lowest BCUT2D eigenvalue weighted by molar-refractivity contribution is 0.124. The summed E-state index contributed by atoms with van der Waals surface area (Å²) in [5.74, 6) is 1.73. The van der Waals surface area contributed by atoms with Crippen molar-refractivity contribution < 1.29 is 5.11 Å². The van der Waals surface area contributed by atoms with Gasteiger partial charge in [0.1, 0.15) is 0 Å². The zero-order valence-electron chi connectivity index (χ0n) is 17.8. The summed E-state index contributed by atoms with van der Waals surface area (Å²) in [7, 11) is 0. The van der Waals surface area contributed by atoms with Gasteiger partial charge in [-0.15, -0.1) is 11.3 Å². The number of aromatic nitrogens is 2. The average molecular weight is 413 g/mol. The van der Waals surface area contributed by atoms with E-state index in [9.17, 15) is 5.11 Å². The molecule has 0 spiro atoms. The summed E-state index contributed by atoms with van der Waals surface area (Å²) in [5.41, 5.74) is 0.809. The van der Waals surface area contributed by atoms with Gasteiger partial charge < -0.3 is 15.7 Å². The molecule has 0 amide bonds. The summed E-state index contributed by atoms with van der Waals surface area (Å²) in [6.07, 6.45) is 7.04. The maximum absolute atomic E-state index is 10.4. The number of thiophene rings is 1. The monoisotopic (exact) mass is 412 g/mol. The van der Waals surface area contributed by atoms with Crippen LogP contribution in [0.5, 0.6) is 0 Å². The predicted octanol–water partition coefficient (Wildman–Crippen LogP) is 4.55. The van der Waals surface area contributed by atoms with E-state index in [0.29, 0.717) is 23.8 Å². The second kappa shape index (κ2) is 6.50. The van der Waals surface area contributed by atoms with Crippen molar-refractivity contribution >= 4 is 17.3 Å². The Hall–Kier alpha value is -1.50. The van der Waals surface area contributed by atoms with Crippen LogP contribution in [0.4, 0.5) is 5.95 Å². The van der Waals surface area contributed by atoms with Crippen LogP contribution in [0.15, 0.2) is 24.4 Å². The van der Waals surface area contributed by atoms with E-state index in [1.807, 2.05) is 23.6 Å². The van der Waals surface area contributed by atoms with Crippen molar-refractivity contribution in [3.05, 3.63) is 29.3 Å². The third-order valence-corrected chi connectivity index (χ3v) is 7.91. The van der Waals surface area contributed by atoms with E-state index in [2.05, 4.69) is 55.4 Å². The van der Waals surface area contributed by atoms with Crippen LogP contribution < -0.4 is 10.6 Å². The molecule has 5 rings (SSSR count). The number of hydrogen-bond acceptors (Lipinski definition) is 6. The highest BCUT2D eigenvalue weighted by atomic mass is 32.1. The first-order valence-electron chi connectivity index (χ1n) is 10.8. The van der Waals surface area contributed by atoms with Crippen molar-refractivity contribution in [3.8, 4) is 10.6 Å². The summed E-state index contributed by atoms with van der Waals surface area (Å²) in [6, 6.07) is 6.75. The molecule has 3 heterocycles. The molecule has 29 heavy (non-hydrogen) atoms. The van der Waals surface area contributed by atoms with Crippen LogP contribution in [0.3, 0.4) is 0 Å². The van der Waals surface area contributed by atoms with Crippen LogP contribution in [0, 0.1) is 5.92 Å². The van der Waals surface area contributed by atoms with Gasteiger partial charge in [0, 0.05) is 28.2 Å². The van der Waals surface area contributed by atoms with Gasteiger partial charge in [-0.1, -0.05) is 0 Å². The summed E-state index contributed by atoms with van der Waals surface area (Å²) < 4.78 is 0. The lowest BCUT2D eigenvalue weighted by atomic mass is 9.80. The minimum absolute atomic E-state index is 0.0894. The van der Waals surface area contributed by atoms with E-state index in [1.54, 1.807) is 0 Å². The molecule has 156 valence electrons. The Morgan fingerprint density at radius 1 is 1.10 bits per heavy atom. The fourth-order valence-electron chi connectivity index (χ4n) is 5.46. The topological polar surface area (TPSA) is 70.1 Å². The molecule has 3 N–H and O–H groups in total. The Labute approximate surface area is 177 Å². The van der Waals surface area contributed by atoms with Crippen molar-refractivity contribution in [3.63, 3.8) is 0 Å². The quantitative estimate of drug-likeness (QED) is 0.672. The fraction of sp³-hybridized carbons (Fsp3) is 0.652. The van der Waals surface area contributed by atoms with E-state index >= 15 is 0 Å². The van der Waals surface area contributed by atoms with Gasteiger partial charge in [-0.25, -0.2) is 9.97 Å². The van der Waals surface area contributed by atoms with Gasteiger partial charge in [0.25, 0.3) is 0 Å². The lowest BCUT2D eigenvalue weighted by Crippen LogP contribution is -2.60. The standard InChI is InChI=1S/C23H32N4OS/c1-21(2)12-14(13-22(3,4)27-21)25-20-24-10-7-17(26-20)19-6-5-18(29-19)15-11-16(15)23(28)8-9-23/h5-7,10,14-16,27-28H,8-9,11-13H2,1-4H3,(H,24,25,26). The van der Waals surface area contributed by atoms with Crippen molar-refractivity contribution in [2.75, 3.05) is 5.32 Å². The second-order valence-corrected chi connectivity index (χ2v) is 11.8. The molecule has 6 heteroatoms. The summed E-state index contributed by atoms with van der Waals surface area (Å²) in [6.45, 7) is 9.04. The molecular weight excluding hydrogens is 380 g/mol. The van der Waals surface area contributed by atoms with Crippen molar-refractivity contribution in [2.45, 2.75) is 88.4 Å². The number of rotatable bonds is 5. The van der Waals surface area contributed by atoms with E-state index in [1.165, 1.54) is 9.75 Å². The maximum atomic E-state index is 10.4. The molecule has 2 aromatic heterocycles. The Morgan fingerprint density at radius 2 is 1.83 bits per heavy atom. The number of nitrogens with one attached hydrogen (secondary N) is 2. The van der Waals surface area contributed by atoms with Crippen molar-refractivity contribution in [2.24, 2.45) is 5.92 Å². The number of nitrogens with zero attached hydrogens (tertiary/aromatic N) is 2. The van der Waals surface area contributed by atoms with Gasteiger partial charge in [0.2, 0.25) is 5.95 Å².